The molecular weight excluding hydrogens is 400 g/mol. The van der Waals surface area contributed by atoms with E-state index in [1.54, 1.807) is 30.3 Å². The molecule has 0 bridgehead atoms. The summed E-state index contributed by atoms with van der Waals surface area (Å²) in [5, 5.41) is 13.0. The minimum Gasteiger partial charge on any atom is -0.325 e. The number of hydrogen-bond acceptors (Lipinski definition) is 6. The third-order valence-corrected chi connectivity index (χ3v) is 7.88. The summed E-state index contributed by atoms with van der Waals surface area (Å²) in [6, 6.07) is 12.3. The molecule has 1 aliphatic rings. The fraction of sp³-hybridized carbons (Fsp3) is 0.316. The molecule has 0 spiro atoms. The highest BCUT2D eigenvalue weighted by molar-refractivity contribution is 8.00. The second-order valence-electron chi connectivity index (χ2n) is 6.57. The third-order valence-electron chi connectivity index (χ3n) is 4.60. The summed E-state index contributed by atoms with van der Waals surface area (Å²) < 4.78 is 25.4. The Morgan fingerprint density at radius 1 is 1.14 bits per heavy atom. The summed E-state index contributed by atoms with van der Waals surface area (Å²) in [4.78, 5) is 23.3. The third kappa shape index (κ3) is 4.90. The molecule has 2 aromatic rings. The zero-order valence-electron chi connectivity index (χ0n) is 15.0. The molecule has 0 heterocycles. The van der Waals surface area contributed by atoms with Crippen LogP contribution in [-0.4, -0.2) is 30.3 Å². The van der Waals surface area contributed by atoms with Gasteiger partial charge in [0.1, 0.15) is 0 Å². The number of nitrogens with zero attached hydrogens (tertiary/aromatic N) is 1. The van der Waals surface area contributed by atoms with E-state index in [9.17, 15) is 23.3 Å². The lowest BCUT2D eigenvalue weighted by atomic mass is 10.3. The van der Waals surface area contributed by atoms with Gasteiger partial charge in [0.2, 0.25) is 5.91 Å². The lowest BCUT2D eigenvalue weighted by molar-refractivity contribution is -0.384. The normalized spacial score (nSPS) is 14.7. The van der Waals surface area contributed by atoms with Crippen LogP contribution in [0.1, 0.15) is 25.7 Å². The van der Waals surface area contributed by atoms with Crippen molar-refractivity contribution in [3.63, 3.8) is 0 Å². The van der Waals surface area contributed by atoms with Crippen molar-refractivity contribution in [1.29, 1.82) is 0 Å². The fourth-order valence-corrected chi connectivity index (χ4v) is 5.75. The molecule has 2 aromatic carbocycles. The summed E-state index contributed by atoms with van der Waals surface area (Å²) in [5.74, 6) is -0.170. The van der Waals surface area contributed by atoms with Gasteiger partial charge in [-0.15, -0.1) is 11.8 Å². The number of carbonyl (C=O) groups excluding carboxylic acids is 1. The van der Waals surface area contributed by atoms with Crippen molar-refractivity contribution in [2.75, 3.05) is 11.1 Å². The Morgan fingerprint density at radius 3 is 2.46 bits per heavy atom. The van der Waals surface area contributed by atoms with Crippen molar-refractivity contribution in [3.8, 4) is 0 Å². The molecule has 0 aromatic heterocycles. The second-order valence-corrected chi connectivity index (χ2v) is 9.84. The maximum Gasteiger partial charge on any atom is 0.269 e. The van der Waals surface area contributed by atoms with Gasteiger partial charge in [-0.2, -0.15) is 0 Å². The first kappa shape index (κ1) is 20.3. The molecule has 148 valence electrons. The standard InChI is InChI=1S/C19H20N2O5S2/c22-19(13-27-16-10-8-15(9-11-16)21(23)24)20-14-4-3-7-18(12-14)28(25,26)17-5-1-2-6-17/h3-4,7-12,17H,1-2,5-6,13H2,(H,20,22). The van der Waals surface area contributed by atoms with Crippen molar-refractivity contribution in [3.05, 3.63) is 58.6 Å². The number of rotatable bonds is 7. The van der Waals surface area contributed by atoms with Gasteiger partial charge in [-0.05, 0) is 43.2 Å². The highest BCUT2D eigenvalue weighted by atomic mass is 32.2. The molecule has 28 heavy (non-hydrogen) atoms. The van der Waals surface area contributed by atoms with E-state index in [0.717, 1.165) is 17.7 Å². The molecule has 3 rings (SSSR count). The monoisotopic (exact) mass is 420 g/mol. The Kier molecular flexibility index (Phi) is 6.35. The second kappa shape index (κ2) is 8.74. The number of amides is 1. The number of nitro benzene ring substituents is 1. The molecule has 1 aliphatic carbocycles. The Balaban J connectivity index is 1.60. The van der Waals surface area contributed by atoms with Crippen LogP contribution in [0.4, 0.5) is 11.4 Å². The number of thioether (sulfide) groups is 1. The number of anilines is 1. The van der Waals surface area contributed by atoms with E-state index >= 15 is 0 Å². The van der Waals surface area contributed by atoms with Crippen molar-refractivity contribution >= 4 is 38.9 Å². The molecule has 7 nitrogen and oxygen atoms in total. The van der Waals surface area contributed by atoms with E-state index in [0.29, 0.717) is 18.5 Å². The summed E-state index contributed by atoms with van der Waals surface area (Å²) in [5.41, 5.74) is 0.433. The van der Waals surface area contributed by atoms with Gasteiger partial charge in [-0.1, -0.05) is 18.9 Å². The van der Waals surface area contributed by atoms with Crippen LogP contribution in [0, 0.1) is 10.1 Å². The molecule has 1 saturated carbocycles. The fourth-order valence-electron chi connectivity index (χ4n) is 3.15. The molecule has 1 amide bonds. The maximum absolute atomic E-state index is 12.7. The van der Waals surface area contributed by atoms with Gasteiger partial charge in [-0.3, -0.25) is 14.9 Å². The van der Waals surface area contributed by atoms with Gasteiger partial charge in [-0.25, -0.2) is 8.42 Å². The van der Waals surface area contributed by atoms with Crippen LogP contribution >= 0.6 is 11.8 Å². The maximum atomic E-state index is 12.7. The Morgan fingerprint density at radius 2 is 1.82 bits per heavy atom. The molecule has 9 heteroatoms. The largest absolute Gasteiger partial charge is 0.325 e. The number of benzene rings is 2. The van der Waals surface area contributed by atoms with Gasteiger partial charge in [0.05, 0.1) is 20.8 Å². The summed E-state index contributed by atoms with van der Waals surface area (Å²) in [6.07, 6.45) is 3.23. The highest BCUT2D eigenvalue weighted by Gasteiger charge is 2.30. The molecule has 0 saturated heterocycles. The van der Waals surface area contributed by atoms with E-state index in [-0.39, 0.29) is 27.5 Å². The van der Waals surface area contributed by atoms with Crippen molar-refractivity contribution in [2.45, 2.75) is 40.7 Å². The first-order chi connectivity index (χ1) is 13.4. The van der Waals surface area contributed by atoms with Crippen LogP contribution in [0.25, 0.3) is 0 Å². The summed E-state index contributed by atoms with van der Waals surface area (Å²) >= 11 is 1.25. The number of nitrogens with one attached hydrogen (secondary N) is 1. The molecule has 0 unspecified atom stereocenters. The lowest BCUT2D eigenvalue weighted by Crippen LogP contribution is -2.18. The summed E-state index contributed by atoms with van der Waals surface area (Å²) in [6.45, 7) is 0. The SMILES string of the molecule is O=C(CSc1ccc([N+](=O)[O-])cc1)Nc1cccc(S(=O)(=O)C2CCCC2)c1. The van der Waals surface area contributed by atoms with E-state index in [2.05, 4.69) is 5.32 Å². The van der Waals surface area contributed by atoms with Crippen molar-refractivity contribution in [2.24, 2.45) is 0 Å². The average molecular weight is 421 g/mol. The van der Waals surface area contributed by atoms with E-state index in [1.165, 1.54) is 30.0 Å². The predicted octanol–water partition coefficient (Wildman–Crippen LogP) is 4.04. The Labute approximate surface area is 167 Å². The number of non-ortho nitro benzene ring substituents is 1. The quantitative estimate of drug-likeness (QED) is 0.412. The van der Waals surface area contributed by atoms with Gasteiger partial charge in [0.15, 0.2) is 9.84 Å². The van der Waals surface area contributed by atoms with Crippen LogP contribution in [0.2, 0.25) is 0 Å². The molecule has 0 atom stereocenters. The molecule has 1 fully saturated rings. The van der Waals surface area contributed by atoms with Crippen LogP contribution in [0.3, 0.4) is 0 Å². The van der Waals surface area contributed by atoms with Gasteiger partial charge >= 0.3 is 0 Å². The molecule has 0 radical (unpaired) electrons. The number of sulfone groups is 1. The minimum absolute atomic E-state index is 0.00547. The van der Waals surface area contributed by atoms with E-state index in [1.807, 2.05) is 0 Å². The van der Waals surface area contributed by atoms with Crippen LogP contribution in [0.5, 0.6) is 0 Å². The van der Waals surface area contributed by atoms with Crippen LogP contribution < -0.4 is 5.32 Å². The number of hydrogen-bond donors (Lipinski definition) is 1. The topological polar surface area (TPSA) is 106 Å². The Bertz CT molecular complexity index is 968. The minimum atomic E-state index is -3.37. The van der Waals surface area contributed by atoms with Gasteiger partial charge < -0.3 is 5.32 Å². The molecule has 1 N–H and O–H groups in total. The zero-order valence-corrected chi connectivity index (χ0v) is 16.7. The van der Waals surface area contributed by atoms with Crippen molar-refractivity contribution < 1.29 is 18.1 Å². The molecule has 0 aliphatic heterocycles. The smallest absolute Gasteiger partial charge is 0.269 e. The van der Waals surface area contributed by atoms with Crippen LogP contribution in [0.15, 0.2) is 58.3 Å². The van der Waals surface area contributed by atoms with Gasteiger partial charge in [0.25, 0.3) is 5.69 Å². The lowest BCUT2D eigenvalue weighted by Gasteiger charge is -2.12. The first-order valence-corrected chi connectivity index (χ1v) is 11.4. The van der Waals surface area contributed by atoms with Crippen molar-refractivity contribution in [1.82, 2.24) is 0 Å². The first-order valence-electron chi connectivity index (χ1n) is 8.87. The predicted molar refractivity (Wildman–Crippen MR) is 108 cm³/mol. The highest BCUT2D eigenvalue weighted by Crippen LogP contribution is 2.30. The van der Waals surface area contributed by atoms with E-state index in [4.69, 9.17) is 0 Å². The summed E-state index contributed by atoms with van der Waals surface area (Å²) in [7, 11) is -3.37. The number of carbonyl (C=O) groups is 1. The zero-order chi connectivity index (χ0) is 20.1. The average Bonchev–Trinajstić information content (AvgIpc) is 3.22. The van der Waals surface area contributed by atoms with Gasteiger partial charge in [0, 0.05) is 22.7 Å². The molecular formula is C19H20N2O5S2. The van der Waals surface area contributed by atoms with E-state index < -0.39 is 14.8 Å². The number of nitro groups is 1. The van der Waals surface area contributed by atoms with Crippen LogP contribution in [-0.2, 0) is 14.6 Å². The Hall–Kier alpha value is -2.39.